The zero-order chi connectivity index (χ0) is 9.97. The highest BCUT2D eigenvalue weighted by atomic mass is 14.0. The van der Waals surface area contributed by atoms with Crippen LogP contribution in [0.2, 0.25) is 0 Å². The summed E-state index contributed by atoms with van der Waals surface area (Å²) in [5, 5.41) is 0. The highest BCUT2D eigenvalue weighted by Crippen LogP contribution is 2.23. The smallest absolute Gasteiger partial charge is 0.0152 e. The van der Waals surface area contributed by atoms with Gasteiger partial charge in [0.1, 0.15) is 0 Å². The summed E-state index contributed by atoms with van der Waals surface area (Å²) in [5.41, 5.74) is 5.29. The SMILES string of the molecule is C.C.C.Cc1ccc(C)c(-c2ccccc2)c1. The van der Waals surface area contributed by atoms with Gasteiger partial charge in [-0.25, -0.2) is 0 Å². The Labute approximate surface area is 107 Å². The molecule has 0 radical (unpaired) electrons. The quantitative estimate of drug-likeness (QED) is 0.574. The van der Waals surface area contributed by atoms with Crippen LogP contribution < -0.4 is 0 Å². The summed E-state index contributed by atoms with van der Waals surface area (Å²) in [5.74, 6) is 0. The summed E-state index contributed by atoms with van der Waals surface area (Å²) in [6, 6.07) is 17.1. The van der Waals surface area contributed by atoms with Crippen LogP contribution in [0.3, 0.4) is 0 Å². The van der Waals surface area contributed by atoms with Crippen molar-refractivity contribution in [3.8, 4) is 11.1 Å². The summed E-state index contributed by atoms with van der Waals surface area (Å²) in [7, 11) is 0. The molecule has 0 aliphatic carbocycles. The fourth-order valence-corrected chi connectivity index (χ4v) is 1.66. The van der Waals surface area contributed by atoms with Gasteiger partial charge in [0.05, 0.1) is 0 Å². The molecule has 0 unspecified atom stereocenters. The Kier molecular flexibility index (Phi) is 8.04. The zero-order valence-electron chi connectivity index (χ0n) is 8.62. The second kappa shape index (κ2) is 7.67. The van der Waals surface area contributed by atoms with Gasteiger partial charge < -0.3 is 0 Å². The molecule has 0 aromatic heterocycles. The van der Waals surface area contributed by atoms with Gasteiger partial charge in [0.2, 0.25) is 0 Å². The number of benzene rings is 2. The molecule has 0 heteroatoms. The molecule has 17 heavy (non-hydrogen) atoms. The first-order chi connectivity index (χ1) is 6.77. The highest BCUT2D eigenvalue weighted by molar-refractivity contribution is 5.67. The summed E-state index contributed by atoms with van der Waals surface area (Å²) in [6.45, 7) is 4.29. The third kappa shape index (κ3) is 4.07. The Morgan fingerprint density at radius 3 is 1.88 bits per heavy atom. The van der Waals surface area contributed by atoms with E-state index >= 15 is 0 Å². The van der Waals surface area contributed by atoms with Gasteiger partial charge in [-0.15, -0.1) is 0 Å². The second-order valence-electron chi connectivity index (χ2n) is 3.68. The molecule has 0 bridgehead atoms. The van der Waals surface area contributed by atoms with Gasteiger partial charge in [0.25, 0.3) is 0 Å². The molecule has 0 fully saturated rings. The number of aryl methyl sites for hydroxylation is 2. The molecule has 0 saturated carbocycles. The Balaban J connectivity index is 0. The first-order valence-corrected chi connectivity index (χ1v) is 4.90. The van der Waals surface area contributed by atoms with Crippen molar-refractivity contribution in [3.63, 3.8) is 0 Å². The monoisotopic (exact) mass is 230 g/mol. The van der Waals surface area contributed by atoms with E-state index in [1.165, 1.54) is 22.3 Å². The van der Waals surface area contributed by atoms with E-state index in [0.29, 0.717) is 0 Å². The predicted molar refractivity (Wildman–Crippen MR) is 81.5 cm³/mol. The standard InChI is InChI=1S/C14H14.3CH4/c1-11-8-9-12(2)14(10-11)13-6-4-3-5-7-13;;;/h3-10H,1-2H3;3*1H4. The van der Waals surface area contributed by atoms with Crippen LogP contribution in [0.25, 0.3) is 11.1 Å². The summed E-state index contributed by atoms with van der Waals surface area (Å²) in [6.07, 6.45) is 0. The molecule has 0 amide bonds. The molecule has 0 heterocycles. The fraction of sp³-hybridized carbons (Fsp3) is 0.294. The summed E-state index contributed by atoms with van der Waals surface area (Å²) in [4.78, 5) is 0. The van der Waals surface area contributed by atoms with Gasteiger partial charge in [-0.2, -0.15) is 0 Å². The van der Waals surface area contributed by atoms with E-state index in [0.717, 1.165) is 0 Å². The summed E-state index contributed by atoms with van der Waals surface area (Å²) >= 11 is 0. The van der Waals surface area contributed by atoms with E-state index in [9.17, 15) is 0 Å². The van der Waals surface area contributed by atoms with E-state index in [1.54, 1.807) is 0 Å². The maximum atomic E-state index is 2.24. The Morgan fingerprint density at radius 1 is 0.706 bits per heavy atom. The van der Waals surface area contributed by atoms with Gasteiger partial charge >= 0.3 is 0 Å². The van der Waals surface area contributed by atoms with Crippen molar-refractivity contribution in [1.29, 1.82) is 0 Å². The highest BCUT2D eigenvalue weighted by Gasteiger charge is 2.00. The molecule has 2 aromatic rings. The third-order valence-electron chi connectivity index (χ3n) is 2.48. The lowest BCUT2D eigenvalue weighted by Crippen LogP contribution is -1.83. The molecule has 0 aliphatic rings. The van der Waals surface area contributed by atoms with E-state index < -0.39 is 0 Å². The van der Waals surface area contributed by atoms with Crippen LogP contribution in [0.1, 0.15) is 33.4 Å². The molecule has 0 atom stereocenters. The Bertz CT molecular complexity index is 427. The van der Waals surface area contributed by atoms with Gasteiger partial charge in [0, 0.05) is 0 Å². The molecule has 94 valence electrons. The van der Waals surface area contributed by atoms with Crippen LogP contribution in [-0.2, 0) is 0 Å². The molecular weight excluding hydrogens is 204 g/mol. The normalized spacial score (nSPS) is 8.35. The summed E-state index contributed by atoms with van der Waals surface area (Å²) < 4.78 is 0. The van der Waals surface area contributed by atoms with Crippen LogP contribution in [-0.4, -0.2) is 0 Å². The molecule has 0 aliphatic heterocycles. The van der Waals surface area contributed by atoms with E-state index in [4.69, 9.17) is 0 Å². The molecule has 2 aromatic carbocycles. The molecule has 0 saturated heterocycles. The number of rotatable bonds is 1. The maximum absolute atomic E-state index is 2.24. The van der Waals surface area contributed by atoms with E-state index in [2.05, 4.69) is 62.4 Å². The van der Waals surface area contributed by atoms with Gasteiger partial charge in [-0.1, -0.05) is 76.4 Å². The van der Waals surface area contributed by atoms with Crippen molar-refractivity contribution in [2.24, 2.45) is 0 Å². The number of hydrogen-bond donors (Lipinski definition) is 0. The molecule has 2 rings (SSSR count). The minimum absolute atomic E-state index is 0. The third-order valence-corrected chi connectivity index (χ3v) is 2.48. The second-order valence-corrected chi connectivity index (χ2v) is 3.68. The molecule has 0 nitrogen and oxygen atoms in total. The van der Waals surface area contributed by atoms with Crippen molar-refractivity contribution in [2.75, 3.05) is 0 Å². The molecule has 0 spiro atoms. The average molecular weight is 230 g/mol. The minimum Gasteiger partial charge on any atom is -0.0776 e. The van der Waals surface area contributed by atoms with Crippen molar-refractivity contribution < 1.29 is 0 Å². The van der Waals surface area contributed by atoms with Gasteiger partial charge in [0.15, 0.2) is 0 Å². The lowest BCUT2D eigenvalue weighted by atomic mass is 9.99. The molecular formula is C17H26. The first-order valence-electron chi connectivity index (χ1n) is 4.90. The lowest BCUT2D eigenvalue weighted by Gasteiger charge is -2.06. The first kappa shape index (κ1) is 17.8. The largest absolute Gasteiger partial charge is 0.0776 e. The number of hydrogen-bond acceptors (Lipinski definition) is 0. The van der Waals surface area contributed by atoms with Gasteiger partial charge in [-0.05, 0) is 30.5 Å². The predicted octanol–water partition coefficient (Wildman–Crippen LogP) is 5.88. The van der Waals surface area contributed by atoms with Crippen molar-refractivity contribution in [2.45, 2.75) is 36.1 Å². The van der Waals surface area contributed by atoms with Crippen LogP contribution in [0, 0.1) is 13.8 Å². The van der Waals surface area contributed by atoms with E-state index in [-0.39, 0.29) is 22.3 Å². The van der Waals surface area contributed by atoms with Crippen LogP contribution in [0.4, 0.5) is 0 Å². The van der Waals surface area contributed by atoms with E-state index in [1.807, 2.05) is 0 Å². The van der Waals surface area contributed by atoms with Crippen molar-refractivity contribution in [3.05, 3.63) is 59.7 Å². The Hall–Kier alpha value is -1.56. The van der Waals surface area contributed by atoms with Crippen molar-refractivity contribution >= 4 is 0 Å². The Morgan fingerprint density at radius 2 is 1.29 bits per heavy atom. The van der Waals surface area contributed by atoms with Gasteiger partial charge in [-0.3, -0.25) is 0 Å². The lowest BCUT2D eigenvalue weighted by molar-refractivity contribution is 1.39. The fourth-order valence-electron chi connectivity index (χ4n) is 1.66. The minimum atomic E-state index is 0. The molecule has 0 N–H and O–H groups in total. The van der Waals surface area contributed by atoms with Crippen LogP contribution >= 0.6 is 0 Å². The average Bonchev–Trinajstić information content (AvgIpc) is 2.23. The van der Waals surface area contributed by atoms with Crippen LogP contribution in [0.5, 0.6) is 0 Å². The van der Waals surface area contributed by atoms with Crippen LogP contribution in [0.15, 0.2) is 48.5 Å². The topological polar surface area (TPSA) is 0 Å². The van der Waals surface area contributed by atoms with Crippen molar-refractivity contribution in [1.82, 2.24) is 0 Å². The zero-order valence-corrected chi connectivity index (χ0v) is 8.62. The maximum Gasteiger partial charge on any atom is -0.0152 e.